The van der Waals surface area contributed by atoms with E-state index in [2.05, 4.69) is 10.3 Å². The number of nitrogens with zero attached hydrogens (tertiary/aromatic N) is 1. The van der Waals surface area contributed by atoms with Gasteiger partial charge in [0.25, 0.3) is 5.91 Å². The summed E-state index contributed by atoms with van der Waals surface area (Å²) < 4.78 is 15.7. The lowest BCUT2D eigenvalue weighted by atomic mass is 10.1. The number of carbonyl (C=O) groups excluding carboxylic acids is 1. The van der Waals surface area contributed by atoms with Gasteiger partial charge in [-0.05, 0) is 12.1 Å². The van der Waals surface area contributed by atoms with E-state index in [4.69, 9.17) is 13.9 Å². The minimum absolute atomic E-state index is 0.131. The van der Waals surface area contributed by atoms with Crippen molar-refractivity contribution in [3.63, 3.8) is 0 Å². The van der Waals surface area contributed by atoms with Crippen LogP contribution < -0.4 is 14.8 Å². The number of amides is 1. The molecule has 122 valence electrons. The smallest absolute Gasteiger partial charge is 0.293 e. The van der Waals surface area contributed by atoms with Crippen LogP contribution in [0.2, 0.25) is 0 Å². The van der Waals surface area contributed by atoms with Crippen molar-refractivity contribution < 1.29 is 18.7 Å². The molecule has 0 spiro atoms. The number of hydrogen-bond acceptors (Lipinski definition) is 5. The van der Waals surface area contributed by atoms with Crippen LogP contribution in [0.25, 0.3) is 11.3 Å². The van der Waals surface area contributed by atoms with Crippen LogP contribution in [0.3, 0.4) is 0 Å². The van der Waals surface area contributed by atoms with Gasteiger partial charge in [0, 0.05) is 11.6 Å². The first-order valence-corrected chi connectivity index (χ1v) is 7.25. The first-order valence-electron chi connectivity index (χ1n) is 7.25. The second kappa shape index (κ2) is 6.87. The van der Waals surface area contributed by atoms with Crippen LogP contribution in [0.1, 0.15) is 10.6 Å². The fourth-order valence-corrected chi connectivity index (χ4v) is 2.30. The third-order valence-corrected chi connectivity index (χ3v) is 3.48. The zero-order valence-electron chi connectivity index (χ0n) is 13.3. The molecule has 0 aliphatic heterocycles. The monoisotopic (exact) mass is 324 g/mol. The standard InChI is InChI=1S/C18H16N2O4/c1-22-13-8-9-15(23-2)14(10-13)20-18(21)17-16(19-11-24-17)12-6-4-3-5-7-12/h3-11H,1-2H3,(H,20,21). The van der Waals surface area contributed by atoms with Gasteiger partial charge in [-0.25, -0.2) is 4.98 Å². The summed E-state index contributed by atoms with van der Waals surface area (Å²) in [6, 6.07) is 14.5. The summed E-state index contributed by atoms with van der Waals surface area (Å²) in [6.07, 6.45) is 1.25. The lowest BCUT2D eigenvalue weighted by molar-refractivity contribution is 0.0997. The van der Waals surface area contributed by atoms with Gasteiger partial charge in [0.05, 0.1) is 19.9 Å². The van der Waals surface area contributed by atoms with Crippen molar-refractivity contribution in [2.45, 2.75) is 0 Å². The van der Waals surface area contributed by atoms with Crippen molar-refractivity contribution in [1.82, 2.24) is 4.98 Å². The molecule has 3 rings (SSSR count). The minimum Gasteiger partial charge on any atom is -0.497 e. The van der Waals surface area contributed by atoms with Crippen LogP contribution in [0.15, 0.2) is 59.3 Å². The molecule has 0 fully saturated rings. The van der Waals surface area contributed by atoms with Gasteiger partial charge in [-0.1, -0.05) is 30.3 Å². The first-order chi connectivity index (χ1) is 11.7. The van der Waals surface area contributed by atoms with Gasteiger partial charge >= 0.3 is 0 Å². The highest BCUT2D eigenvalue weighted by molar-refractivity contribution is 6.06. The molecule has 0 saturated heterocycles. The number of benzene rings is 2. The summed E-state index contributed by atoms with van der Waals surface area (Å²) in [5, 5.41) is 2.77. The van der Waals surface area contributed by atoms with E-state index >= 15 is 0 Å². The number of methoxy groups -OCH3 is 2. The van der Waals surface area contributed by atoms with Crippen LogP contribution in [-0.2, 0) is 0 Å². The third-order valence-electron chi connectivity index (χ3n) is 3.48. The number of ether oxygens (including phenoxy) is 2. The average molecular weight is 324 g/mol. The predicted molar refractivity (Wildman–Crippen MR) is 89.4 cm³/mol. The van der Waals surface area contributed by atoms with E-state index in [9.17, 15) is 4.79 Å². The third kappa shape index (κ3) is 3.08. The molecule has 6 nitrogen and oxygen atoms in total. The van der Waals surface area contributed by atoms with E-state index in [1.807, 2.05) is 30.3 Å². The average Bonchev–Trinajstić information content (AvgIpc) is 3.12. The predicted octanol–water partition coefficient (Wildman–Crippen LogP) is 3.61. The van der Waals surface area contributed by atoms with Gasteiger partial charge in [-0.2, -0.15) is 0 Å². The second-order valence-electron chi connectivity index (χ2n) is 4.92. The fourth-order valence-electron chi connectivity index (χ4n) is 2.30. The van der Waals surface area contributed by atoms with Gasteiger partial charge in [0.15, 0.2) is 6.39 Å². The van der Waals surface area contributed by atoms with E-state index in [0.717, 1.165) is 5.56 Å². The summed E-state index contributed by atoms with van der Waals surface area (Å²) in [6.45, 7) is 0. The molecular weight excluding hydrogens is 308 g/mol. The highest BCUT2D eigenvalue weighted by Crippen LogP contribution is 2.30. The van der Waals surface area contributed by atoms with Gasteiger partial charge in [-0.3, -0.25) is 4.79 Å². The van der Waals surface area contributed by atoms with Gasteiger partial charge in [0.2, 0.25) is 5.76 Å². The summed E-state index contributed by atoms with van der Waals surface area (Å²) in [7, 11) is 3.08. The van der Waals surface area contributed by atoms with Crippen LogP contribution >= 0.6 is 0 Å². The van der Waals surface area contributed by atoms with Crippen molar-refractivity contribution >= 4 is 11.6 Å². The molecule has 0 radical (unpaired) electrons. The maximum Gasteiger partial charge on any atom is 0.293 e. The molecule has 1 amide bonds. The van der Waals surface area contributed by atoms with E-state index in [1.54, 1.807) is 25.3 Å². The van der Waals surface area contributed by atoms with Crippen molar-refractivity contribution in [3.8, 4) is 22.8 Å². The Morgan fingerprint density at radius 3 is 2.58 bits per heavy atom. The quantitative estimate of drug-likeness (QED) is 0.776. The zero-order valence-corrected chi connectivity index (χ0v) is 13.3. The fraction of sp³-hybridized carbons (Fsp3) is 0.111. The summed E-state index contributed by atoms with van der Waals surface area (Å²) >= 11 is 0. The molecule has 1 aromatic heterocycles. The number of hydrogen-bond donors (Lipinski definition) is 1. The number of anilines is 1. The molecule has 0 saturated carbocycles. The maximum absolute atomic E-state index is 12.6. The van der Waals surface area contributed by atoms with E-state index in [1.165, 1.54) is 13.5 Å². The first kappa shape index (κ1) is 15.6. The Balaban J connectivity index is 1.91. The van der Waals surface area contributed by atoms with Crippen molar-refractivity contribution in [2.24, 2.45) is 0 Å². The number of aromatic nitrogens is 1. The Labute approximate surface area is 139 Å². The topological polar surface area (TPSA) is 73.6 Å². The molecule has 6 heteroatoms. The Morgan fingerprint density at radius 1 is 1.08 bits per heavy atom. The molecule has 2 aromatic carbocycles. The van der Waals surface area contributed by atoms with E-state index in [-0.39, 0.29) is 5.76 Å². The Kier molecular flexibility index (Phi) is 4.47. The summed E-state index contributed by atoms with van der Waals surface area (Å²) in [5.74, 6) is 0.834. The molecule has 1 heterocycles. The zero-order chi connectivity index (χ0) is 16.9. The van der Waals surface area contributed by atoms with Crippen molar-refractivity contribution in [2.75, 3.05) is 19.5 Å². The molecule has 1 N–H and O–H groups in total. The molecule has 3 aromatic rings. The summed E-state index contributed by atoms with van der Waals surface area (Å²) in [5.41, 5.74) is 1.77. The van der Waals surface area contributed by atoms with Crippen molar-refractivity contribution in [1.29, 1.82) is 0 Å². The molecular formula is C18H16N2O4. The van der Waals surface area contributed by atoms with E-state index < -0.39 is 5.91 Å². The number of oxazole rings is 1. The Morgan fingerprint density at radius 2 is 1.88 bits per heavy atom. The lowest BCUT2D eigenvalue weighted by Gasteiger charge is -2.11. The van der Waals surface area contributed by atoms with Crippen molar-refractivity contribution in [3.05, 3.63) is 60.7 Å². The Bertz CT molecular complexity index is 843. The molecule has 24 heavy (non-hydrogen) atoms. The largest absolute Gasteiger partial charge is 0.497 e. The molecule has 0 aliphatic rings. The molecule has 0 aliphatic carbocycles. The van der Waals surface area contributed by atoms with E-state index in [0.29, 0.717) is 22.9 Å². The highest BCUT2D eigenvalue weighted by Gasteiger charge is 2.20. The number of rotatable bonds is 5. The van der Waals surface area contributed by atoms with Gasteiger partial charge in [0.1, 0.15) is 17.2 Å². The normalized spacial score (nSPS) is 10.2. The maximum atomic E-state index is 12.6. The van der Waals surface area contributed by atoms with Gasteiger partial charge < -0.3 is 19.2 Å². The minimum atomic E-state index is -0.419. The number of carbonyl (C=O) groups is 1. The SMILES string of the molecule is COc1ccc(OC)c(NC(=O)c2ocnc2-c2ccccc2)c1. The molecule has 0 unspecified atom stereocenters. The van der Waals surface area contributed by atoms with Crippen LogP contribution in [-0.4, -0.2) is 25.1 Å². The Hall–Kier alpha value is -3.28. The second-order valence-corrected chi connectivity index (χ2v) is 4.92. The van der Waals surface area contributed by atoms with Crippen LogP contribution in [0.4, 0.5) is 5.69 Å². The number of nitrogens with one attached hydrogen (secondary N) is 1. The molecule has 0 atom stereocenters. The van der Waals surface area contributed by atoms with Gasteiger partial charge in [-0.15, -0.1) is 0 Å². The highest BCUT2D eigenvalue weighted by atomic mass is 16.5. The van der Waals surface area contributed by atoms with Crippen LogP contribution in [0.5, 0.6) is 11.5 Å². The lowest BCUT2D eigenvalue weighted by Crippen LogP contribution is -2.13. The van der Waals surface area contributed by atoms with Crippen LogP contribution in [0, 0.1) is 0 Å². The molecule has 0 bridgehead atoms. The summed E-state index contributed by atoms with van der Waals surface area (Å²) in [4.78, 5) is 16.7.